The van der Waals surface area contributed by atoms with Gasteiger partial charge in [-0.1, -0.05) is 0 Å². The molecule has 2 aromatic rings. The van der Waals surface area contributed by atoms with Gasteiger partial charge in [-0.05, 0) is 51.3 Å². The van der Waals surface area contributed by atoms with Crippen molar-refractivity contribution in [2.24, 2.45) is 0 Å². The Labute approximate surface area is 112 Å². The van der Waals surface area contributed by atoms with E-state index in [2.05, 4.69) is 23.8 Å². The summed E-state index contributed by atoms with van der Waals surface area (Å²) in [5.41, 5.74) is 2.57. The van der Waals surface area contributed by atoms with Crippen molar-refractivity contribution in [3.8, 4) is 0 Å². The molecule has 100 valence electrons. The molecular weight excluding hydrogens is 238 g/mol. The average Bonchev–Trinajstić information content (AvgIpc) is 2.85. The van der Waals surface area contributed by atoms with Crippen molar-refractivity contribution in [3.63, 3.8) is 0 Å². The number of hydrogen-bond acceptors (Lipinski definition) is 2. The van der Waals surface area contributed by atoms with Gasteiger partial charge in [0, 0.05) is 17.6 Å². The van der Waals surface area contributed by atoms with Gasteiger partial charge in [0.2, 0.25) is 0 Å². The Kier molecular flexibility index (Phi) is 3.01. The Hall–Kier alpha value is -1.84. The number of aromatic nitrogens is 2. The maximum Gasteiger partial charge on any atom is 0.254 e. The number of fused-ring (bicyclic) bond motifs is 1. The van der Waals surface area contributed by atoms with Crippen LogP contribution in [-0.4, -0.2) is 32.9 Å². The number of piperidine rings is 1. The molecule has 1 saturated heterocycles. The molecule has 1 aliphatic rings. The van der Waals surface area contributed by atoms with Crippen LogP contribution in [0.2, 0.25) is 0 Å². The fourth-order valence-electron chi connectivity index (χ4n) is 3.04. The van der Waals surface area contributed by atoms with Crippen molar-refractivity contribution in [2.45, 2.75) is 45.2 Å². The van der Waals surface area contributed by atoms with E-state index in [9.17, 15) is 4.79 Å². The van der Waals surface area contributed by atoms with Crippen LogP contribution in [0.25, 0.3) is 11.0 Å². The number of imidazole rings is 1. The number of nitrogens with zero attached hydrogens (tertiary/aromatic N) is 2. The molecule has 1 aliphatic heterocycles. The SMILES string of the molecule is C[C@@H]1CCC[C@H](C)N1C(=O)c1ccc2nc[nH]c2c1. The lowest BCUT2D eigenvalue weighted by molar-refractivity contribution is 0.0511. The normalized spacial score (nSPS) is 23.8. The number of likely N-dealkylation sites (tertiary alicyclic amines) is 1. The van der Waals surface area contributed by atoms with E-state index in [1.165, 1.54) is 6.42 Å². The minimum absolute atomic E-state index is 0.135. The van der Waals surface area contributed by atoms with E-state index in [0.717, 1.165) is 29.4 Å². The standard InChI is InChI=1S/C15H19N3O/c1-10-4-3-5-11(2)18(10)15(19)12-6-7-13-14(8-12)17-9-16-13/h6-11H,3-5H2,1-2H3,(H,16,17)/t10-,11+. The molecule has 1 fully saturated rings. The number of carbonyl (C=O) groups is 1. The zero-order chi connectivity index (χ0) is 13.4. The molecule has 0 unspecified atom stereocenters. The highest BCUT2D eigenvalue weighted by atomic mass is 16.2. The van der Waals surface area contributed by atoms with Gasteiger partial charge >= 0.3 is 0 Å². The predicted molar refractivity (Wildman–Crippen MR) is 75.0 cm³/mol. The maximum absolute atomic E-state index is 12.7. The van der Waals surface area contributed by atoms with Crippen molar-refractivity contribution >= 4 is 16.9 Å². The molecule has 1 aromatic carbocycles. The minimum Gasteiger partial charge on any atom is -0.345 e. The molecule has 1 amide bonds. The van der Waals surface area contributed by atoms with E-state index in [4.69, 9.17) is 0 Å². The van der Waals surface area contributed by atoms with Gasteiger partial charge < -0.3 is 9.88 Å². The molecule has 0 radical (unpaired) electrons. The van der Waals surface area contributed by atoms with Crippen LogP contribution >= 0.6 is 0 Å². The average molecular weight is 257 g/mol. The first-order valence-corrected chi connectivity index (χ1v) is 6.92. The van der Waals surface area contributed by atoms with Crippen LogP contribution in [0.3, 0.4) is 0 Å². The van der Waals surface area contributed by atoms with Crippen LogP contribution < -0.4 is 0 Å². The molecule has 3 rings (SSSR count). The van der Waals surface area contributed by atoms with E-state index in [-0.39, 0.29) is 5.91 Å². The number of hydrogen-bond donors (Lipinski definition) is 1. The number of nitrogens with one attached hydrogen (secondary N) is 1. The molecule has 19 heavy (non-hydrogen) atoms. The quantitative estimate of drug-likeness (QED) is 0.853. The predicted octanol–water partition coefficient (Wildman–Crippen LogP) is 2.97. The summed E-state index contributed by atoms with van der Waals surface area (Å²) in [5.74, 6) is 0.135. The van der Waals surface area contributed by atoms with Gasteiger partial charge in [-0.3, -0.25) is 4.79 Å². The van der Waals surface area contributed by atoms with Gasteiger partial charge in [-0.15, -0.1) is 0 Å². The van der Waals surface area contributed by atoms with Crippen molar-refractivity contribution in [1.82, 2.24) is 14.9 Å². The number of rotatable bonds is 1. The monoisotopic (exact) mass is 257 g/mol. The van der Waals surface area contributed by atoms with Crippen LogP contribution in [0.5, 0.6) is 0 Å². The lowest BCUT2D eigenvalue weighted by Gasteiger charge is -2.39. The maximum atomic E-state index is 12.7. The molecule has 1 aromatic heterocycles. The van der Waals surface area contributed by atoms with Gasteiger partial charge in [0.05, 0.1) is 17.4 Å². The first kappa shape index (κ1) is 12.2. The van der Waals surface area contributed by atoms with Crippen molar-refractivity contribution in [3.05, 3.63) is 30.1 Å². The van der Waals surface area contributed by atoms with E-state index in [1.807, 2.05) is 23.1 Å². The first-order chi connectivity index (χ1) is 9.16. The molecule has 0 saturated carbocycles. The van der Waals surface area contributed by atoms with Gasteiger partial charge in [0.1, 0.15) is 0 Å². The van der Waals surface area contributed by atoms with Crippen LogP contribution in [0.4, 0.5) is 0 Å². The second kappa shape index (κ2) is 4.68. The number of aromatic amines is 1. The number of H-pyrrole nitrogens is 1. The largest absolute Gasteiger partial charge is 0.345 e. The Balaban J connectivity index is 1.93. The van der Waals surface area contributed by atoms with Crippen molar-refractivity contribution < 1.29 is 4.79 Å². The van der Waals surface area contributed by atoms with Gasteiger partial charge in [0.15, 0.2) is 0 Å². The smallest absolute Gasteiger partial charge is 0.254 e. The lowest BCUT2D eigenvalue weighted by Crippen LogP contribution is -2.47. The molecule has 0 bridgehead atoms. The highest BCUT2D eigenvalue weighted by Crippen LogP contribution is 2.25. The summed E-state index contributed by atoms with van der Waals surface area (Å²) < 4.78 is 0. The second-order valence-corrected chi connectivity index (χ2v) is 5.48. The summed E-state index contributed by atoms with van der Waals surface area (Å²) in [6.45, 7) is 4.28. The molecule has 4 nitrogen and oxygen atoms in total. The van der Waals surface area contributed by atoms with Crippen LogP contribution in [0, 0.1) is 0 Å². The Morgan fingerprint density at radius 1 is 1.32 bits per heavy atom. The highest BCUT2D eigenvalue weighted by molar-refractivity contribution is 5.97. The zero-order valence-electron chi connectivity index (χ0n) is 11.4. The van der Waals surface area contributed by atoms with E-state index in [1.54, 1.807) is 6.33 Å². The summed E-state index contributed by atoms with van der Waals surface area (Å²) >= 11 is 0. The Bertz CT molecular complexity index is 594. The number of benzene rings is 1. The highest BCUT2D eigenvalue weighted by Gasteiger charge is 2.29. The molecule has 0 aliphatic carbocycles. The Morgan fingerprint density at radius 3 is 2.79 bits per heavy atom. The third kappa shape index (κ3) is 2.11. The zero-order valence-corrected chi connectivity index (χ0v) is 11.4. The fraction of sp³-hybridized carbons (Fsp3) is 0.467. The summed E-state index contributed by atoms with van der Waals surface area (Å²) in [5, 5.41) is 0. The van der Waals surface area contributed by atoms with Gasteiger partial charge in [-0.25, -0.2) is 4.98 Å². The molecule has 1 N–H and O–H groups in total. The lowest BCUT2D eigenvalue weighted by atomic mass is 9.96. The fourth-order valence-corrected chi connectivity index (χ4v) is 3.04. The second-order valence-electron chi connectivity index (χ2n) is 5.48. The molecule has 2 heterocycles. The van der Waals surface area contributed by atoms with Crippen molar-refractivity contribution in [1.29, 1.82) is 0 Å². The topological polar surface area (TPSA) is 49.0 Å². The number of amides is 1. The summed E-state index contributed by atoms with van der Waals surface area (Å²) in [7, 11) is 0. The van der Waals surface area contributed by atoms with Crippen LogP contribution in [-0.2, 0) is 0 Å². The summed E-state index contributed by atoms with van der Waals surface area (Å²) in [6.07, 6.45) is 5.07. The van der Waals surface area contributed by atoms with Gasteiger partial charge in [-0.2, -0.15) is 0 Å². The third-order valence-corrected chi connectivity index (χ3v) is 4.10. The third-order valence-electron chi connectivity index (χ3n) is 4.10. The van der Waals surface area contributed by atoms with Crippen LogP contribution in [0.1, 0.15) is 43.5 Å². The van der Waals surface area contributed by atoms with E-state index < -0.39 is 0 Å². The summed E-state index contributed by atoms with van der Waals surface area (Å²) in [6, 6.07) is 6.33. The summed E-state index contributed by atoms with van der Waals surface area (Å²) in [4.78, 5) is 21.9. The van der Waals surface area contributed by atoms with Crippen molar-refractivity contribution in [2.75, 3.05) is 0 Å². The minimum atomic E-state index is 0.135. The Morgan fingerprint density at radius 2 is 2.05 bits per heavy atom. The molecule has 4 heteroatoms. The van der Waals surface area contributed by atoms with E-state index in [0.29, 0.717) is 12.1 Å². The molecule has 2 atom stereocenters. The van der Waals surface area contributed by atoms with E-state index >= 15 is 0 Å². The first-order valence-electron chi connectivity index (χ1n) is 6.92. The van der Waals surface area contributed by atoms with Crippen LogP contribution in [0.15, 0.2) is 24.5 Å². The molecule has 0 spiro atoms. The molecular formula is C15H19N3O. The van der Waals surface area contributed by atoms with Gasteiger partial charge in [0.25, 0.3) is 5.91 Å². The number of carbonyl (C=O) groups excluding carboxylic acids is 1.